The number of rotatable bonds is 6. The van der Waals surface area contributed by atoms with Gasteiger partial charge in [-0.3, -0.25) is 25.4 Å². The van der Waals surface area contributed by atoms with E-state index in [-0.39, 0.29) is 0 Å². The number of hydrogen-bond donors (Lipinski definition) is 3. The van der Waals surface area contributed by atoms with Crippen molar-refractivity contribution in [3.8, 4) is 0 Å². The van der Waals surface area contributed by atoms with Crippen molar-refractivity contribution in [3.63, 3.8) is 0 Å². The minimum absolute atomic E-state index is 0.296. The monoisotopic (exact) mass is 414 g/mol. The summed E-state index contributed by atoms with van der Waals surface area (Å²) in [4.78, 5) is 28.8. The Bertz CT molecular complexity index is 985. The Kier molecular flexibility index (Phi) is 6.75. The Balaban J connectivity index is 1.66. The molecule has 9 heteroatoms. The Morgan fingerprint density at radius 3 is 2.31 bits per heavy atom. The van der Waals surface area contributed by atoms with Gasteiger partial charge in [0, 0.05) is 23.0 Å². The summed E-state index contributed by atoms with van der Waals surface area (Å²) in [6.45, 7) is 0. The van der Waals surface area contributed by atoms with E-state index in [4.69, 9.17) is 0 Å². The first kappa shape index (κ1) is 20.3. The van der Waals surface area contributed by atoms with Crippen molar-refractivity contribution in [2.75, 3.05) is 5.32 Å². The fourth-order valence-corrected chi connectivity index (χ4v) is 2.91. The van der Waals surface area contributed by atoms with Crippen LogP contribution in [-0.2, 0) is 0 Å². The van der Waals surface area contributed by atoms with Gasteiger partial charge in [0.25, 0.3) is 17.6 Å². The minimum Gasteiger partial charge on any atom is -0.355 e. The Morgan fingerprint density at radius 2 is 1.62 bits per heavy atom. The third-order valence-corrected chi connectivity index (χ3v) is 4.47. The number of nitrogens with one attached hydrogen (secondary N) is 3. The highest BCUT2D eigenvalue weighted by molar-refractivity contribution is 7.99. The highest BCUT2D eigenvalue weighted by Crippen LogP contribution is 2.27. The fraction of sp³-hybridized carbons (Fsp3) is 0.0500. The standard InChI is InChI=1S/C20H16F2N4O2S/c21-20(22)29-15-9-7-14(8-10-15)24-17-6-2-1-5-16(17)19(28)26-25-18(27)13-4-3-11-23-12-13/h1-12,20,24H,(H,25,27)(H,26,28). The smallest absolute Gasteiger partial charge is 0.288 e. The van der Waals surface area contributed by atoms with E-state index in [0.29, 0.717) is 39.2 Å². The number of benzene rings is 2. The second-order valence-corrected chi connectivity index (χ2v) is 6.79. The average Bonchev–Trinajstić information content (AvgIpc) is 2.74. The van der Waals surface area contributed by atoms with Crippen molar-refractivity contribution < 1.29 is 18.4 Å². The van der Waals surface area contributed by atoms with Gasteiger partial charge in [0.05, 0.1) is 16.8 Å². The molecule has 0 unspecified atom stereocenters. The van der Waals surface area contributed by atoms with Crippen molar-refractivity contribution in [3.05, 3.63) is 84.2 Å². The van der Waals surface area contributed by atoms with Gasteiger partial charge in [-0.05, 0) is 48.5 Å². The molecule has 3 N–H and O–H groups in total. The Morgan fingerprint density at radius 1 is 0.897 bits per heavy atom. The van der Waals surface area contributed by atoms with E-state index in [1.807, 2.05) is 0 Å². The van der Waals surface area contributed by atoms with Crippen LogP contribution >= 0.6 is 11.8 Å². The number of halogens is 2. The fourth-order valence-electron chi connectivity index (χ4n) is 2.42. The molecule has 0 aliphatic heterocycles. The zero-order valence-electron chi connectivity index (χ0n) is 14.9. The molecule has 2 amide bonds. The van der Waals surface area contributed by atoms with Crippen LogP contribution in [-0.4, -0.2) is 22.6 Å². The van der Waals surface area contributed by atoms with E-state index in [0.717, 1.165) is 0 Å². The summed E-state index contributed by atoms with van der Waals surface area (Å²) in [7, 11) is 0. The van der Waals surface area contributed by atoms with Crippen LogP contribution in [0.3, 0.4) is 0 Å². The van der Waals surface area contributed by atoms with Crippen molar-refractivity contribution in [1.29, 1.82) is 0 Å². The molecule has 3 rings (SSSR count). The van der Waals surface area contributed by atoms with Gasteiger partial charge in [-0.25, -0.2) is 0 Å². The van der Waals surface area contributed by atoms with E-state index in [1.165, 1.54) is 12.4 Å². The van der Waals surface area contributed by atoms with Crippen molar-refractivity contribution in [1.82, 2.24) is 15.8 Å². The molecule has 0 saturated heterocycles. The highest BCUT2D eigenvalue weighted by Gasteiger charge is 2.13. The van der Waals surface area contributed by atoms with Crippen molar-refractivity contribution in [2.24, 2.45) is 0 Å². The summed E-state index contributed by atoms with van der Waals surface area (Å²) in [6.07, 6.45) is 2.92. The number of carbonyl (C=O) groups is 2. The van der Waals surface area contributed by atoms with Gasteiger partial charge in [0.2, 0.25) is 0 Å². The molecule has 0 radical (unpaired) electrons. The molecular formula is C20H16F2N4O2S. The van der Waals surface area contributed by atoms with Crippen LogP contribution in [0.4, 0.5) is 20.2 Å². The lowest BCUT2D eigenvalue weighted by Gasteiger charge is -2.13. The molecule has 0 saturated carbocycles. The maximum atomic E-state index is 12.5. The van der Waals surface area contributed by atoms with E-state index < -0.39 is 17.6 Å². The second-order valence-electron chi connectivity index (χ2n) is 5.72. The first-order valence-electron chi connectivity index (χ1n) is 8.44. The summed E-state index contributed by atoms with van der Waals surface area (Å²) in [5, 5.41) is 3.07. The van der Waals surface area contributed by atoms with Gasteiger partial charge in [0.15, 0.2) is 0 Å². The van der Waals surface area contributed by atoms with Gasteiger partial charge in [-0.1, -0.05) is 23.9 Å². The van der Waals surface area contributed by atoms with Crippen molar-refractivity contribution >= 4 is 35.0 Å². The quantitative estimate of drug-likeness (QED) is 0.416. The molecule has 0 aliphatic carbocycles. The number of nitrogens with zero attached hydrogens (tertiary/aromatic N) is 1. The molecule has 0 bridgehead atoms. The number of thioether (sulfide) groups is 1. The Hall–Kier alpha value is -3.46. The van der Waals surface area contributed by atoms with E-state index >= 15 is 0 Å². The van der Waals surface area contributed by atoms with Gasteiger partial charge < -0.3 is 5.32 Å². The molecule has 29 heavy (non-hydrogen) atoms. The number of hydrogen-bond acceptors (Lipinski definition) is 5. The van der Waals surface area contributed by atoms with E-state index in [9.17, 15) is 18.4 Å². The summed E-state index contributed by atoms with van der Waals surface area (Å²) in [5.41, 5.74) is 6.42. The number of alkyl halides is 2. The van der Waals surface area contributed by atoms with Crippen LogP contribution in [0.25, 0.3) is 0 Å². The maximum absolute atomic E-state index is 12.5. The molecule has 3 aromatic rings. The lowest BCUT2D eigenvalue weighted by molar-refractivity contribution is 0.0847. The van der Waals surface area contributed by atoms with Crippen molar-refractivity contribution in [2.45, 2.75) is 10.7 Å². The predicted octanol–water partition coefficient (Wildman–Crippen LogP) is 4.21. The lowest BCUT2D eigenvalue weighted by Crippen LogP contribution is -2.41. The number of aromatic nitrogens is 1. The largest absolute Gasteiger partial charge is 0.355 e. The van der Waals surface area contributed by atoms with Gasteiger partial charge in [-0.15, -0.1) is 0 Å². The predicted molar refractivity (Wildman–Crippen MR) is 107 cm³/mol. The van der Waals surface area contributed by atoms with Crippen LogP contribution in [0.1, 0.15) is 20.7 Å². The van der Waals surface area contributed by atoms with Gasteiger partial charge in [-0.2, -0.15) is 8.78 Å². The zero-order chi connectivity index (χ0) is 20.6. The third-order valence-electron chi connectivity index (χ3n) is 3.74. The maximum Gasteiger partial charge on any atom is 0.288 e. The molecule has 1 aromatic heterocycles. The first-order chi connectivity index (χ1) is 14.0. The molecule has 0 spiro atoms. The van der Waals surface area contributed by atoms with E-state index in [2.05, 4.69) is 21.2 Å². The third kappa shape index (κ3) is 5.76. The summed E-state index contributed by atoms with van der Waals surface area (Å²) in [5.74, 6) is -3.50. The topological polar surface area (TPSA) is 83.1 Å². The van der Waals surface area contributed by atoms with Gasteiger partial charge in [0.1, 0.15) is 0 Å². The molecule has 6 nitrogen and oxygen atoms in total. The average molecular weight is 414 g/mol. The summed E-state index contributed by atoms with van der Waals surface area (Å²) >= 11 is 0.459. The number of hydrazine groups is 1. The lowest BCUT2D eigenvalue weighted by atomic mass is 10.1. The van der Waals surface area contributed by atoms with Gasteiger partial charge >= 0.3 is 0 Å². The number of carbonyl (C=O) groups excluding carboxylic acids is 2. The molecule has 1 heterocycles. The highest BCUT2D eigenvalue weighted by atomic mass is 32.2. The SMILES string of the molecule is O=C(NNC(=O)c1ccccc1Nc1ccc(SC(F)F)cc1)c1cccnc1. The molecule has 148 valence electrons. The molecule has 0 fully saturated rings. The van der Waals surface area contributed by atoms with Crippen LogP contribution < -0.4 is 16.2 Å². The normalized spacial score (nSPS) is 10.4. The summed E-state index contributed by atoms with van der Waals surface area (Å²) in [6, 6.07) is 16.3. The number of para-hydroxylation sites is 1. The van der Waals surface area contributed by atoms with E-state index in [1.54, 1.807) is 60.7 Å². The molecule has 0 atom stereocenters. The minimum atomic E-state index is -2.49. The van der Waals surface area contributed by atoms with Crippen LogP contribution in [0, 0.1) is 0 Å². The Labute approximate surface area is 169 Å². The van der Waals surface area contributed by atoms with Crippen LogP contribution in [0.5, 0.6) is 0 Å². The number of anilines is 2. The van der Waals surface area contributed by atoms with Crippen LogP contribution in [0.2, 0.25) is 0 Å². The van der Waals surface area contributed by atoms with Crippen LogP contribution in [0.15, 0.2) is 78.0 Å². The second kappa shape index (κ2) is 9.65. The first-order valence-corrected chi connectivity index (χ1v) is 9.32. The molecular weight excluding hydrogens is 398 g/mol. The summed E-state index contributed by atoms with van der Waals surface area (Å²) < 4.78 is 24.8. The number of pyridine rings is 1. The number of amides is 2. The molecule has 2 aromatic carbocycles. The zero-order valence-corrected chi connectivity index (χ0v) is 15.7. The molecule has 0 aliphatic rings.